The van der Waals surface area contributed by atoms with Crippen molar-refractivity contribution in [3.8, 4) is 22.4 Å². The number of nitrogens with one attached hydrogen (secondary N) is 4. The molecular weight excluding hydrogens is 713 g/mol. The van der Waals surface area contributed by atoms with E-state index < -0.39 is 24.3 Å². The van der Waals surface area contributed by atoms with Crippen LogP contribution in [0.25, 0.3) is 44.2 Å². The van der Waals surface area contributed by atoms with Crippen LogP contribution in [-0.2, 0) is 19.1 Å². The maximum absolute atomic E-state index is 13.6. The van der Waals surface area contributed by atoms with Gasteiger partial charge < -0.3 is 39.9 Å². The van der Waals surface area contributed by atoms with Gasteiger partial charge in [0.05, 0.1) is 49.2 Å². The topological polar surface area (TPSA) is 175 Å². The first kappa shape index (κ1) is 38.4. The van der Waals surface area contributed by atoms with Crippen LogP contribution in [0.15, 0.2) is 60.8 Å². The Labute approximate surface area is 325 Å². The highest BCUT2D eigenvalue weighted by molar-refractivity contribution is 5.92. The van der Waals surface area contributed by atoms with Crippen molar-refractivity contribution in [2.24, 2.45) is 5.92 Å². The summed E-state index contributed by atoms with van der Waals surface area (Å²) >= 11 is 0. The van der Waals surface area contributed by atoms with Gasteiger partial charge in [-0.05, 0) is 91.1 Å². The van der Waals surface area contributed by atoms with Gasteiger partial charge in [0.2, 0.25) is 11.8 Å². The zero-order valence-electron chi connectivity index (χ0n) is 32.7. The zero-order chi connectivity index (χ0) is 39.7. The molecule has 0 spiro atoms. The third kappa shape index (κ3) is 7.52. The number of alkyl carbamates (subject to hydrolysis) is 2. The van der Waals surface area contributed by atoms with E-state index in [9.17, 15) is 19.2 Å². The molecule has 14 heteroatoms. The van der Waals surface area contributed by atoms with Crippen LogP contribution in [0.2, 0.25) is 0 Å². The number of aromatic nitrogens is 4. The Morgan fingerprint density at radius 1 is 0.804 bits per heavy atom. The van der Waals surface area contributed by atoms with Crippen molar-refractivity contribution < 1.29 is 28.7 Å². The number of carbonyl (C=O) groups excluding carboxylic acids is 4. The number of hydrogen-bond donors (Lipinski definition) is 4. The average molecular weight is 763 g/mol. The molecule has 294 valence electrons. The third-order valence-electron chi connectivity index (χ3n) is 11.3. The van der Waals surface area contributed by atoms with Gasteiger partial charge in [0, 0.05) is 18.2 Å². The summed E-state index contributed by atoms with van der Waals surface area (Å²) in [6.07, 6.45) is 4.63. The Kier molecular flexibility index (Phi) is 11.0. The van der Waals surface area contributed by atoms with Crippen molar-refractivity contribution in [1.29, 1.82) is 0 Å². The van der Waals surface area contributed by atoms with Crippen LogP contribution in [0.5, 0.6) is 0 Å². The summed E-state index contributed by atoms with van der Waals surface area (Å²) in [5, 5.41) is 7.48. The number of H-pyrrole nitrogens is 2. The van der Waals surface area contributed by atoms with Gasteiger partial charge in [-0.25, -0.2) is 19.6 Å². The highest BCUT2D eigenvalue weighted by atomic mass is 16.5. The Morgan fingerprint density at radius 2 is 1.48 bits per heavy atom. The van der Waals surface area contributed by atoms with Gasteiger partial charge in [0.25, 0.3) is 0 Å². The lowest BCUT2D eigenvalue weighted by Gasteiger charge is -2.31. The number of imidazole rings is 2. The maximum Gasteiger partial charge on any atom is 0.407 e. The summed E-state index contributed by atoms with van der Waals surface area (Å²) in [7, 11) is 2.57. The molecule has 0 bridgehead atoms. The lowest BCUT2D eigenvalue weighted by atomic mass is 9.99. The molecule has 0 unspecified atom stereocenters. The van der Waals surface area contributed by atoms with Gasteiger partial charge in [0.1, 0.15) is 23.7 Å². The zero-order valence-corrected chi connectivity index (χ0v) is 32.7. The number of carbonyl (C=O) groups is 4. The van der Waals surface area contributed by atoms with Crippen LogP contribution in [0.1, 0.15) is 83.5 Å². The predicted molar refractivity (Wildman–Crippen MR) is 212 cm³/mol. The quantitative estimate of drug-likeness (QED) is 0.118. The van der Waals surface area contributed by atoms with E-state index in [4.69, 9.17) is 19.4 Å². The minimum Gasteiger partial charge on any atom is -0.453 e. The number of benzene rings is 3. The average Bonchev–Trinajstić information content (AvgIpc) is 4.04. The molecule has 4 N–H and O–H groups in total. The molecule has 0 radical (unpaired) electrons. The highest BCUT2D eigenvalue weighted by Gasteiger charge is 2.41. The first-order chi connectivity index (χ1) is 27.0. The SMILES string of the molecule is CC[C@@H]1CC[C@@H](c2ncc(-c3ccc4cc(-c5ccc6nc([C@@H]7CCCN7C(=O)[C@@H](NC(=O)OC)C(C)C)[nH]c6c5)ccc4c3)[nH]2)N1C(=O)[C@H](C)NC(=O)OC. The molecule has 0 aliphatic carbocycles. The van der Waals surface area contributed by atoms with Gasteiger partial charge in [-0.3, -0.25) is 9.59 Å². The van der Waals surface area contributed by atoms with E-state index in [-0.39, 0.29) is 35.9 Å². The summed E-state index contributed by atoms with van der Waals surface area (Å²) in [4.78, 5) is 71.3. The first-order valence-electron chi connectivity index (χ1n) is 19.4. The molecule has 2 fully saturated rings. The summed E-state index contributed by atoms with van der Waals surface area (Å²) in [5.74, 6) is 1.06. The molecule has 5 aromatic rings. The van der Waals surface area contributed by atoms with E-state index >= 15 is 0 Å². The second kappa shape index (κ2) is 16.0. The van der Waals surface area contributed by atoms with Crippen LogP contribution < -0.4 is 10.6 Å². The van der Waals surface area contributed by atoms with Crippen molar-refractivity contribution in [2.45, 2.75) is 90.0 Å². The summed E-state index contributed by atoms with van der Waals surface area (Å²) in [6.45, 7) is 8.14. The highest BCUT2D eigenvalue weighted by Crippen LogP contribution is 2.38. The minimum absolute atomic E-state index is 0.0584. The fraction of sp³-hybridized carbons (Fsp3) is 0.429. The molecule has 4 heterocycles. The van der Waals surface area contributed by atoms with E-state index in [0.717, 1.165) is 87.9 Å². The molecule has 3 aromatic carbocycles. The monoisotopic (exact) mass is 762 g/mol. The molecule has 7 rings (SSSR count). The Balaban J connectivity index is 1.08. The standard InChI is InChI=1S/C42H50N8O6/c1-7-30-15-17-35(50(30)39(51)24(4)44-41(53)55-5)37-43-22-33(47-37)29-13-12-25-19-26(10-11-27(25)20-29)28-14-16-31-32(21-28)46-38(45-31)34-9-8-18-49(34)40(52)36(23(2)3)48-42(54)56-6/h10-14,16,19-24,30,34-36H,7-9,15,17-18H2,1-6H3,(H,43,47)(H,44,53)(H,45,46)(H,48,54)/t24-,30+,34-,35-,36-/m0/s1. The molecule has 2 saturated heterocycles. The Morgan fingerprint density at radius 3 is 2.20 bits per heavy atom. The number of fused-ring (bicyclic) bond motifs is 2. The van der Waals surface area contributed by atoms with Gasteiger partial charge >= 0.3 is 12.2 Å². The number of ether oxygens (including phenoxy) is 2. The summed E-state index contributed by atoms with van der Waals surface area (Å²) in [6, 6.07) is 17.1. The molecule has 5 atom stereocenters. The number of methoxy groups -OCH3 is 2. The largest absolute Gasteiger partial charge is 0.453 e. The first-order valence-corrected chi connectivity index (χ1v) is 19.4. The summed E-state index contributed by atoms with van der Waals surface area (Å²) < 4.78 is 9.48. The van der Waals surface area contributed by atoms with Crippen molar-refractivity contribution >= 4 is 45.8 Å². The smallest absolute Gasteiger partial charge is 0.407 e. The van der Waals surface area contributed by atoms with Crippen molar-refractivity contribution in [2.75, 3.05) is 20.8 Å². The van der Waals surface area contributed by atoms with Gasteiger partial charge in [0.15, 0.2) is 0 Å². The van der Waals surface area contributed by atoms with Crippen LogP contribution in [0.3, 0.4) is 0 Å². The van der Waals surface area contributed by atoms with Crippen molar-refractivity contribution in [3.05, 3.63) is 72.4 Å². The van der Waals surface area contributed by atoms with Gasteiger partial charge in [-0.15, -0.1) is 0 Å². The van der Waals surface area contributed by atoms with Crippen LogP contribution in [0.4, 0.5) is 9.59 Å². The normalized spacial score (nSPS) is 19.4. The second-order valence-electron chi connectivity index (χ2n) is 15.1. The number of amides is 4. The molecule has 0 saturated carbocycles. The molecule has 2 aliphatic rings. The fourth-order valence-electron chi connectivity index (χ4n) is 8.21. The van der Waals surface area contributed by atoms with Crippen LogP contribution in [0, 0.1) is 5.92 Å². The van der Waals surface area contributed by atoms with E-state index in [1.165, 1.54) is 14.2 Å². The number of nitrogens with zero attached hydrogens (tertiary/aromatic N) is 4. The number of hydrogen-bond acceptors (Lipinski definition) is 8. The molecule has 2 aromatic heterocycles. The minimum atomic E-state index is -0.724. The lowest BCUT2D eigenvalue weighted by molar-refractivity contribution is -0.136. The predicted octanol–water partition coefficient (Wildman–Crippen LogP) is 7.00. The molecule has 4 amide bonds. The molecule has 14 nitrogen and oxygen atoms in total. The van der Waals surface area contributed by atoms with E-state index in [2.05, 4.69) is 76.1 Å². The number of rotatable bonds is 10. The van der Waals surface area contributed by atoms with Crippen molar-refractivity contribution in [1.82, 2.24) is 40.4 Å². The third-order valence-corrected chi connectivity index (χ3v) is 11.3. The van der Waals surface area contributed by atoms with Crippen molar-refractivity contribution in [3.63, 3.8) is 0 Å². The number of likely N-dealkylation sites (tertiary alicyclic amines) is 2. The summed E-state index contributed by atoms with van der Waals surface area (Å²) in [5.41, 5.74) is 5.66. The van der Waals surface area contributed by atoms with Gasteiger partial charge in [-0.2, -0.15) is 0 Å². The van der Waals surface area contributed by atoms with E-state index in [0.29, 0.717) is 6.54 Å². The Bertz CT molecular complexity index is 2260. The molecule has 56 heavy (non-hydrogen) atoms. The fourth-order valence-corrected chi connectivity index (χ4v) is 8.21. The second-order valence-corrected chi connectivity index (χ2v) is 15.1. The molecule has 2 aliphatic heterocycles. The number of aromatic amines is 2. The maximum atomic E-state index is 13.6. The van der Waals surface area contributed by atoms with E-state index in [1.54, 1.807) is 6.92 Å². The van der Waals surface area contributed by atoms with Crippen LogP contribution >= 0.6 is 0 Å². The Hall–Kier alpha value is -5.92. The van der Waals surface area contributed by atoms with E-state index in [1.807, 2.05) is 35.9 Å². The van der Waals surface area contributed by atoms with Gasteiger partial charge in [-0.1, -0.05) is 51.1 Å². The lowest BCUT2D eigenvalue weighted by Crippen LogP contribution is -2.51. The van der Waals surface area contributed by atoms with Crippen LogP contribution in [-0.4, -0.2) is 92.6 Å². The molecular formula is C42H50N8O6.